The standard InChI is InChI=1S/C16H21N3O5/c1-11-14(16(21)22)8-10-18(11)15(20)3-2-9-17-12-4-6-13(7-5-12)19(23)24/h4-7,11,14,17H,2-3,8-10H2,1H3,(H,21,22). The van der Waals surface area contributed by atoms with Gasteiger partial charge in [0.1, 0.15) is 0 Å². The minimum absolute atomic E-state index is 0.0308. The Balaban J connectivity index is 1.73. The molecule has 0 saturated carbocycles. The van der Waals surface area contributed by atoms with E-state index in [4.69, 9.17) is 5.11 Å². The van der Waals surface area contributed by atoms with Gasteiger partial charge in [0.05, 0.1) is 10.8 Å². The fourth-order valence-corrected chi connectivity index (χ4v) is 2.94. The van der Waals surface area contributed by atoms with Gasteiger partial charge < -0.3 is 15.3 Å². The van der Waals surface area contributed by atoms with Crippen LogP contribution in [0.4, 0.5) is 11.4 Å². The van der Waals surface area contributed by atoms with Crippen LogP contribution in [-0.4, -0.2) is 45.9 Å². The number of carboxylic acid groups (broad SMARTS) is 1. The minimum Gasteiger partial charge on any atom is -0.481 e. The molecule has 1 aliphatic heterocycles. The number of likely N-dealkylation sites (tertiary alicyclic amines) is 1. The van der Waals surface area contributed by atoms with Crippen molar-refractivity contribution in [3.8, 4) is 0 Å². The molecule has 1 saturated heterocycles. The van der Waals surface area contributed by atoms with Crippen molar-refractivity contribution in [2.24, 2.45) is 5.92 Å². The van der Waals surface area contributed by atoms with Crippen LogP contribution < -0.4 is 5.32 Å². The molecule has 24 heavy (non-hydrogen) atoms. The van der Waals surface area contributed by atoms with Crippen LogP contribution in [0.3, 0.4) is 0 Å². The Hall–Kier alpha value is -2.64. The first-order chi connectivity index (χ1) is 11.4. The fourth-order valence-electron chi connectivity index (χ4n) is 2.94. The van der Waals surface area contributed by atoms with Crippen molar-refractivity contribution in [2.75, 3.05) is 18.4 Å². The summed E-state index contributed by atoms with van der Waals surface area (Å²) in [5.74, 6) is -1.36. The zero-order valence-corrected chi connectivity index (χ0v) is 13.5. The highest BCUT2D eigenvalue weighted by Crippen LogP contribution is 2.25. The second-order valence-electron chi connectivity index (χ2n) is 5.90. The number of amides is 1. The Labute approximate surface area is 139 Å². The Bertz CT molecular complexity index is 617. The second kappa shape index (κ2) is 7.76. The Morgan fingerprint density at radius 3 is 2.58 bits per heavy atom. The monoisotopic (exact) mass is 335 g/mol. The smallest absolute Gasteiger partial charge is 0.308 e. The molecule has 0 aromatic heterocycles. The molecule has 1 aromatic rings. The quantitative estimate of drug-likeness (QED) is 0.448. The van der Waals surface area contributed by atoms with Crippen molar-refractivity contribution >= 4 is 23.3 Å². The van der Waals surface area contributed by atoms with Crippen molar-refractivity contribution in [1.29, 1.82) is 0 Å². The van der Waals surface area contributed by atoms with Gasteiger partial charge in [0.15, 0.2) is 0 Å². The molecule has 1 aromatic carbocycles. The molecule has 130 valence electrons. The van der Waals surface area contributed by atoms with Gasteiger partial charge in [-0.25, -0.2) is 0 Å². The summed E-state index contributed by atoms with van der Waals surface area (Å²) in [4.78, 5) is 35.0. The van der Waals surface area contributed by atoms with E-state index >= 15 is 0 Å². The third-order valence-corrected chi connectivity index (χ3v) is 4.37. The number of nitrogens with zero attached hydrogens (tertiary/aromatic N) is 2. The number of nitro benzene ring substituents is 1. The molecule has 8 nitrogen and oxygen atoms in total. The maximum atomic E-state index is 12.2. The number of rotatable bonds is 7. The van der Waals surface area contributed by atoms with E-state index in [0.717, 1.165) is 5.69 Å². The zero-order valence-electron chi connectivity index (χ0n) is 13.5. The Morgan fingerprint density at radius 2 is 2.04 bits per heavy atom. The third kappa shape index (κ3) is 4.21. The van der Waals surface area contributed by atoms with Gasteiger partial charge in [0, 0.05) is 43.4 Å². The van der Waals surface area contributed by atoms with Crippen LogP contribution in [0.25, 0.3) is 0 Å². The molecule has 0 aliphatic carbocycles. The predicted molar refractivity (Wildman–Crippen MR) is 87.7 cm³/mol. The number of non-ortho nitro benzene ring substituents is 1. The normalized spacial score (nSPS) is 20.0. The van der Waals surface area contributed by atoms with Gasteiger partial charge >= 0.3 is 5.97 Å². The van der Waals surface area contributed by atoms with Crippen molar-refractivity contribution in [1.82, 2.24) is 4.90 Å². The van der Waals surface area contributed by atoms with E-state index in [2.05, 4.69) is 5.32 Å². The molecule has 0 bridgehead atoms. The second-order valence-corrected chi connectivity index (χ2v) is 5.90. The number of anilines is 1. The van der Waals surface area contributed by atoms with Gasteiger partial charge in [0.2, 0.25) is 5.91 Å². The molecule has 2 unspecified atom stereocenters. The average Bonchev–Trinajstić information content (AvgIpc) is 2.93. The number of aliphatic carboxylic acids is 1. The molecular weight excluding hydrogens is 314 g/mol. The summed E-state index contributed by atoms with van der Waals surface area (Å²) in [6.07, 6.45) is 1.46. The number of nitro groups is 1. The van der Waals surface area contributed by atoms with Crippen LogP contribution in [0.2, 0.25) is 0 Å². The van der Waals surface area contributed by atoms with Crippen LogP contribution in [0.15, 0.2) is 24.3 Å². The van der Waals surface area contributed by atoms with E-state index < -0.39 is 16.8 Å². The number of hydrogen-bond acceptors (Lipinski definition) is 5. The van der Waals surface area contributed by atoms with Gasteiger partial charge in [-0.3, -0.25) is 19.7 Å². The van der Waals surface area contributed by atoms with E-state index in [1.807, 2.05) is 0 Å². The van der Waals surface area contributed by atoms with Crippen LogP contribution in [0, 0.1) is 16.0 Å². The summed E-state index contributed by atoms with van der Waals surface area (Å²) >= 11 is 0. The molecule has 2 N–H and O–H groups in total. The van der Waals surface area contributed by atoms with Gasteiger partial charge in [-0.2, -0.15) is 0 Å². The number of nitrogens with one attached hydrogen (secondary N) is 1. The highest BCUT2D eigenvalue weighted by atomic mass is 16.6. The molecule has 1 heterocycles. The lowest BCUT2D eigenvalue weighted by molar-refractivity contribution is -0.384. The summed E-state index contributed by atoms with van der Waals surface area (Å²) in [5, 5.41) is 22.8. The Morgan fingerprint density at radius 1 is 1.38 bits per heavy atom. The van der Waals surface area contributed by atoms with Crippen LogP contribution >= 0.6 is 0 Å². The maximum Gasteiger partial charge on any atom is 0.308 e. The van der Waals surface area contributed by atoms with Crippen molar-refractivity contribution in [2.45, 2.75) is 32.2 Å². The lowest BCUT2D eigenvalue weighted by Crippen LogP contribution is -2.37. The summed E-state index contributed by atoms with van der Waals surface area (Å²) in [5.41, 5.74) is 0.792. The lowest BCUT2D eigenvalue weighted by Gasteiger charge is -2.23. The first-order valence-electron chi connectivity index (χ1n) is 7.90. The van der Waals surface area contributed by atoms with E-state index in [1.165, 1.54) is 12.1 Å². The topological polar surface area (TPSA) is 113 Å². The predicted octanol–water partition coefficient (Wildman–Crippen LogP) is 2.11. The molecule has 8 heteroatoms. The summed E-state index contributed by atoms with van der Waals surface area (Å²) in [6.45, 7) is 2.83. The largest absolute Gasteiger partial charge is 0.481 e. The first-order valence-corrected chi connectivity index (χ1v) is 7.90. The molecule has 0 radical (unpaired) electrons. The van der Waals surface area contributed by atoms with Crippen molar-refractivity contribution in [3.63, 3.8) is 0 Å². The lowest BCUT2D eigenvalue weighted by atomic mass is 10.0. The first kappa shape index (κ1) is 17.7. The van der Waals surface area contributed by atoms with E-state index in [0.29, 0.717) is 32.4 Å². The van der Waals surface area contributed by atoms with Crippen molar-refractivity contribution in [3.05, 3.63) is 34.4 Å². The number of hydrogen-bond donors (Lipinski definition) is 2. The SMILES string of the molecule is CC1C(C(=O)O)CCN1C(=O)CCCNc1ccc([N+](=O)[O-])cc1. The zero-order chi connectivity index (χ0) is 17.7. The maximum absolute atomic E-state index is 12.2. The van der Waals surface area contributed by atoms with E-state index in [9.17, 15) is 19.7 Å². The highest BCUT2D eigenvalue weighted by molar-refractivity contribution is 5.79. The van der Waals surface area contributed by atoms with Crippen LogP contribution in [0.1, 0.15) is 26.2 Å². The summed E-state index contributed by atoms with van der Waals surface area (Å²) < 4.78 is 0. The van der Waals surface area contributed by atoms with E-state index in [-0.39, 0.29) is 17.6 Å². The number of carbonyl (C=O) groups is 2. The minimum atomic E-state index is -0.849. The molecule has 2 rings (SSSR count). The van der Waals surface area contributed by atoms with Gasteiger partial charge in [0.25, 0.3) is 5.69 Å². The third-order valence-electron chi connectivity index (χ3n) is 4.37. The van der Waals surface area contributed by atoms with E-state index in [1.54, 1.807) is 24.0 Å². The molecular formula is C16H21N3O5. The van der Waals surface area contributed by atoms with Gasteiger partial charge in [-0.15, -0.1) is 0 Å². The molecule has 1 aliphatic rings. The molecule has 1 fully saturated rings. The fraction of sp³-hybridized carbons (Fsp3) is 0.500. The van der Waals surface area contributed by atoms with Gasteiger partial charge in [-0.1, -0.05) is 0 Å². The number of carboxylic acids is 1. The molecule has 2 atom stereocenters. The van der Waals surface area contributed by atoms with Crippen molar-refractivity contribution < 1.29 is 19.6 Å². The number of benzene rings is 1. The van der Waals surface area contributed by atoms with Gasteiger partial charge in [-0.05, 0) is 31.9 Å². The Kier molecular flexibility index (Phi) is 5.73. The number of carbonyl (C=O) groups excluding carboxylic acids is 1. The summed E-state index contributed by atoms with van der Waals surface area (Å²) in [6, 6.07) is 5.83. The molecule has 0 spiro atoms. The molecule has 1 amide bonds. The van der Waals surface area contributed by atoms with Crippen LogP contribution in [-0.2, 0) is 9.59 Å². The van der Waals surface area contributed by atoms with Crippen LogP contribution in [0.5, 0.6) is 0 Å². The highest BCUT2D eigenvalue weighted by Gasteiger charge is 2.37. The average molecular weight is 335 g/mol. The summed E-state index contributed by atoms with van der Waals surface area (Å²) in [7, 11) is 0.